The van der Waals surface area contributed by atoms with E-state index in [4.69, 9.17) is 0 Å². The largest absolute Gasteiger partial charge is 0.337 e. The van der Waals surface area contributed by atoms with Crippen molar-refractivity contribution >= 4 is 21.8 Å². The summed E-state index contributed by atoms with van der Waals surface area (Å²) >= 11 is 3.34. The van der Waals surface area contributed by atoms with Crippen LogP contribution in [0.5, 0.6) is 0 Å². The molecule has 0 spiro atoms. The van der Waals surface area contributed by atoms with Crippen molar-refractivity contribution in [3.8, 4) is 0 Å². The predicted octanol–water partition coefficient (Wildman–Crippen LogP) is 2.47. The summed E-state index contributed by atoms with van der Waals surface area (Å²) in [4.78, 5) is 18.0. The van der Waals surface area contributed by atoms with Gasteiger partial charge in [-0.3, -0.25) is 9.78 Å². The maximum atomic E-state index is 12.0. The monoisotopic (exact) mass is 268 g/mol. The number of hydrogen-bond acceptors (Lipinski definition) is 2. The van der Waals surface area contributed by atoms with Gasteiger partial charge < -0.3 is 4.90 Å². The summed E-state index contributed by atoms with van der Waals surface area (Å²) < 4.78 is 0.901. The number of likely N-dealkylation sites (tertiary alicyclic amines) is 1. The molecule has 0 saturated carbocycles. The Labute approximate surface area is 97.6 Å². The summed E-state index contributed by atoms with van der Waals surface area (Å²) in [5, 5.41) is 0. The number of carbonyl (C=O) groups is 1. The topological polar surface area (TPSA) is 33.2 Å². The number of amides is 1. The van der Waals surface area contributed by atoms with Crippen LogP contribution < -0.4 is 0 Å². The first kappa shape index (κ1) is 10.6. The molecule has 0 radical (unpaired) electrons. The summed E-state index contributed by atoms with van der Waals surface area (Å²) in [5.74, 6) is 0.0519. The van der Waals surface area contributed by atoms with E-state index in [0.717, 1.165) is 30.4 Å². The third kappa shape index (κ3) is 2.56. The van der Waals surface area contributed by atoms with Gasteiger partial charge in [-0.25, -0.2) is 0 Å². The molecule has 3 nitrogen and oxygen atoms in total. The van der Waals surface area contributed by atoms with Crippen molar-refractivity contribution in [2.75, 3.05) is 13.1 Å². The minimum Gasteiger partial charge on any atom is -0.337 e. The molecule has 0 N–H and O–H groups in total. The minimum atomic E-state index is 0.0519. The van der Waals surface area contributed by atoms with Gasteiger partial charge in [-0.05, 0) is 31.4 Å². The Morgan fingerprint density at radius 3 is 2.73 bits per heavy atom. The van der Waals surface area contributed by atoms with Crippen LogP contribution in [0, 0.1) is 0 Å². The van der Waals surface area contributed by atoms with E-state index in [1.54, 1.807) is 12.3 Å². The molecule has 4 heteroatoms. The van der Waals surface area contributed by atoms with Crippen LogP contribution in [0.1, 0.15) is 29.8 Å². The fourth-order valence-electron chi connectivity index (χ4n) is 1.78. The van der Waals surface area contributed by atoms with Gasteiger partial charge in [0.2, 0.25) is 0 Å². The lowest BCUT2D eigenvalue weighted by Crippen LogP contribution is -2.36. The van der Waals surface area contributed by atoms with Gasteiger partial charge in [-0.15, -0.1) is 0 Å². The first-order chi connectivity index (χ1) is 7.27. The van der Waals surface area contributed by atoms with E-state index in [-0.39, 0.29) is 5.91 Å². The highest BCUT2D eigenvalue weighted by Crippen LogP contribution is 2.14. The van der Waals surface area contributed by atoms with Crippen LogP contribution in [0.2, 0.25) is 0 Å². The number of piperidine rings is 1. The lowest BCUT2D eigenvalue weighted by atomic mass is 10.1. The van der Waals surface area contributed by atoms with Crippen molar-refractivity contribution in [1.82, 2.24) is 9.88 Å². The molecule has 1 amide bonds. The van der Waals surface area contributed by atoms with Crippen molar-refractivity contribution < 1.29 is 4.79 Å². The average Bonchev–Trinajstić information content (AvgIpc) is 2.29. The Bertz CT molecular complexity index is 361. The summed E-state index contributed by atoms with van der Waals surface area (Å²) in [5.41, 5.74) is 0.534. The Kier molecular flexibility index (Phi) is 3.36. The van der Waals surface area contributed by atoms with Crippen LogP contribution in [-0.2, 0) is 0 Å². The van der Waals surface area contributed by atoms with E-state index in [0.29, 0.717) is 5.69 Å². The van der Waals surface area contributed by atoms with Crippen LogP contribution in [0.3, 0.4) is 0 Å². The molecule has 1 aromatic heterocycles. The van der Waals surface area contributed by atoms with Crippen LogP contribution in [0.15, 0.2) is 22.8 Å². The molecule has 1 saturated heterocycles. The molecule has 0 bridgehead atoms. The third-order valence-electron chi connectivity index (χ3n) is 2.58. The molecular formula is C11H13BrN2O. The smallest absolute Gasteiger partial charge is 0.272 e. The molecule has 1 fully saturated rings. The standard InChI is InChI=1S/C11H13BrN2O/c12-9-4-5-13-10(8-9)11(15)14-6-2-1-3-7-14/h4-5,8H,1-3,6-7H2. The second kappa shape index (κ2) is 4.75. The number of aromatic nitrogens is 1. The van der Waals surface area contributed by atoms with Gasteiger partial charge in [0.25, 0.3) is 5.91 Å². The predicted molar refractivity (Wildman–Crippen MR) is 61.7 cm³/mol. The summed E-state index contributed by atoms with van der Waals surface area (Å²) in [6.45, 7) is 1.74. The summed E-state index contributed by atoms with van der Waals surface area (Å²) in [7, 11) is 0. The van der Waals surface area contributed by atoms with E-state index in [2.05, 4.69) is 20.9 Å². The van der Waals surface area contributed by atoms with E-state index in [1.807, 2.05) is 11.0 Å². The minimum absolute atomic E-state index is 0.0519. The van der Waals surface area contributed by atoms with Crippen molar-refractivity contribution in [1.29, 1.82) is 0 Å². The quantitative estimate of drug-likeness (QED) is 0.784. The first-order valence-corrected chi connectivity index (χ1v) is 5.97. The number of halogens is 1. The van der Waals surface area contributed by atoms with Gasteiger partial charge in [-0.2, -0.15) is 0 Å². The van der Waals surface area contributed by atoms with Crippen LogP contribution in [-0.4, -0.2) is 28.9 Å². The summed E-state index contributed by atoms with van der Waals surface area (Å²) in [6.07, 6.45) is 5.11. The lowest BCUT2D eigenvalue weighted by Gasteiger charge is -2.26. The number of nitrogens with zero attached hydrogens (tertiary/aromatic N) is 2. The second-order valence-corrected chi connectivity index (χ2v) is 4.63. The highest BCUT2D eigenvalue weighted by molar-refractivity contribution is 9.10. The Morgan fingerprint density at radius 1 is 1.33 bits per heavy atom. The van der Waals surface area contributed by atoms with Crippen molar-refractivity contribution in [2.24, 2.45) is 0 Å². The highest BCUT2D eigenvalue weighted by Gasteiger charge is 2.18. The molecule has 0 aromatic carbocycles. The zero-order chi connectivity index (χ0) is 10.7. The fourth-order valence-corrected chi connectivity index (χ4v) is 2.12. The van der Waals surface area contributed by atoms with Gasteiger partial charge in [-0.1, -0.05) is 15.9 Å². The van der Waals surface area contributed by atoms with Gasteiger partial charge in [0, 0.05) is 23.8 Å². The number of hydrogen-bond donors (Lipinski definition) is 0. The normalized spacial score (nSPS) is 16.5. The highest BCUT2D eigenvalue weighted by atomic mass is 79.9. The maximum absolute atomic E-state index is 12.0. The zero-order valence-electron chi connectivity index (χ0n) is 8.45. The molecule has 1 aliphatic heterocycles. The van der Waals surface area contributed by atoms with Crippen molar-refractivity contribution in [3.05, 3.63) is 28.5 Å². The number of rotatable bonds is 1. The summed E-state index contributed by atoms with van der Waals surface area (Å²) in [6, 6.07) is 3.60. The Balaban J connectivity index is 2.12. The SMILES string of the molecule is O=C(c1cc(Br)ccn1)N1CCCCC1. The van der Waals surface area contributed by atoms with E-state index in [1.165, 1.54) is 6.42 Å². The Morgan fingerprint density at radius 2 is 2.07 bits per heavy atom. The van der Waals surface area contributed by atoms with Crippen LogP contribution in [0.4, 0.5) is 0 Å². The van der Waals surface area contributed by atoms with Crippen LogP contribution in [0.25, 0.3) is 0 Å². The molecule has 0 aliphatic carbocycles. The first-order valence-electron chi connectivity index (χ1n) is 5.18. The van der Waals surface area contributed by atoms with Crippen molar-refractivity contribution in [3.63, 3.8) is 0 Å². The third-order valence-corrected chi connectivity index (χ3v) is 3.08. The molecule has 1 aliphatic rings. The van der Waals surface area contributed by atoms with Gasteiger partial charge in [0.05, 0.1) is 0 Å². The number of pyridine rings is 1. The number of carbonyl (C=O) groups excluding carboxylic acids is 1. The van der Waals surface area contributed by atoms with Crippen LogP contribution >= 0.6 is 15.9 Å². The van der Waals surface area contributed by atoms with E-state index in [9.17, 15) is 4.79 Å². The molecule has 2 rings (SSSR count). The fraction of sp³-hybridized carbons (Fsp3) is 0.455. The maximum Gasteiger partial charge on any atom is 0.272 e. The zero-order valence-corrected chi connectivity index (χ0v) is 10.0. The molecule has 0 unspecified atom stereocenters. The van der Waals surface area contributed by atoms with Crippen molar-refractivity contribution in [2.45, 2.75) is 19.3 Å². The molecule has 0 atom stereocenters. The molecule has 2 heterocycles. The Hall–Kier alpha value is -0.900. The second-order valence-electron chi connectivity index (χ2n) is 3.71. The van der Waals surface area contributed by atoms with Gasteiger partial charge in [0.15, 0.2) is 0 Å². The molecule has 1 aromatic rings. The van der Waals surface area contributed by atoms with Gasteiger partial charge >= 0.3 is 0 Å². The lowest BCUT2D eigenvalue weighted by molar-refractivity contribution is 0.0718. The molecule has 80 valence electrons. The van der Waals surface area contributed by atoms with E-state index >= 15 is 0 Å². The van der Waals surface area contributed by atoms with Gasteiger partial charge in [0.1, 0.15) is 5.69 Å². The van der Waals surface area contributed by atoms with E-state index < -0.39 is 0 Å². The average molecular weight is 269 g/mol. The molecule has 15 heavy (non-hydrogen) atoms. The molecular weight excluding hydrogens is 256 g/mol.